The normalized spacial score (nSPS) is 11.0. The van der Waals surface area contributed by atoms with E-state index in [1.165, 1.54) is 18.3 Å². The Kier molecular flexibility index (Phi) is 6.69. The number of pyridine rings is 1. The van der Waals surface area contributed by atoms with Gasteiger partial charge in [0.15, 0.2) is 0 Å². The number of halogens is 4. The van der Waals surface area contributed by atoms with Crippen LogP contribution in [-0.2, 0) is 16.1 Å². The maximum absolute atomic E-state index is 12.4. The minimum atomic E-state index is -2.96. The minimum Gasteiger partial charge on any atom is -0.458 e. The first-order valence-corrected chi connectivity index (χ1v) is 7.81. The summed E-state index contributed by atoms with van der Waals surface area (Å²) >= 11 is 8.88. The summed E-state index contributed by atoms with van der Waals surface area (Å²) in [5.74, 6) is -0.674. The monoisotopic (exact) mass is 417 g/mol. The highest BCUT2D eigenvalue weighted by Gasteiger charge is 2.09. The van der Waals surface area contributed by atoms with E-state index in [2.05, 4.69) is 25.7 Å². The van der Waals surface area contributed by atoms with Gasteiger partial charge in [0.1, 0.15) is 17.5 Å². The molecule has 24 heavy (non-hydrogen) atoms. The van der Waals surface area contributed by atoms with Crippen molar-refractivity contribution in [3.63, 3.8) is 0 Å². The van der Waals surface area contributed by atoms with Gasteiger partial charge < -0.3 is 9.47 Å². The quantitative estimate of drug-likeness (QED) is 0.382. The van der Waals surface area contributed by atoms with Gasteiger partial charge in [-0.05, 0) is 30.3 Å². The Hall–Kier alpha value is -1.99. The molecule has 126 valence electrons. The molecule has 0 N–H and O–H groups in total. The van der Waals surface area contributed by atoms with Crippen molar-refractivity contribution in [1.29, 1.82) is 0 Å². The average molecular weight is 419 g/mol. The molecule has 0 atom stereocenters. The van der Waals surface area contributed by atoms with Gasteiger partial charge in [0.25, 0.3) is 0 Å². The first-order valence-electron chi connectivity index (χ1n) is 6.63. The highest BCUT2D eigenvalue weighted by molar-refractivity contribution is 9.10. The molecule has 0 bridgehead atoms. The Morgan fingerprint density at radius 2 is 2.12 bits per heavy atom. The predicted molar refractivity (Wildman–Crippen MR) is 88.9 cm³/mol. The van der Waals surface area contributed by atoms with E-state index in [0.717, 1.165) is 6.08 Å². The van der Waals surface area contributed by atoms with E-state index in [-0.39, 0.29) is 12.4 Å². The third kappa shape index (κ3) is 5.90. The lowest BCUT2D eigenvalue weighted by atomic mass is 10.2. The molecule has 0 saturated heterocycles. The fourth-order valence-corrected chi connectivity index (χ4v) is 2.20. The zero-order valence-electron chi connectivity index (χ0n) is 12.1. The number of carbonyl (C=O) groups is 1. The summed E-state index contributed by atoms with van der Waals surface area (Å²) < 4.78 is 34.8. The number of alkyl halides is 2. The Morgan fingerprint density at radius 3 is 2.79 bits per heavy atom. The van der Waals surface area contributed by atoms with Crippen LogP contribution < -0.4 is 4.74 Å². The smallest absolute Gasteiger partial charge is 0.387 e. The van der Waals surface area contributed by atoms with E-state index in [1.54, 1.807) is 24.3 Å². The Balaban J connectivity index is 2.00. The van der Waals surface area contributed by atoms with Gasteiger partial charge in [0.2, 0.25) is 0 Å². The number of hydrogen-bond donors (Lipinski definition) is 0. The molecule has 0 aliphatic carbocycles. The molecule has 0 unspecified atom stereocenters. The van der Waals surface area contributed by atoms with E-state index in [1.807, 2.05) is 0 Å². The highest BCUT2D eigenvalue weighted by atomic mass is 79.9. The maximum Gasteiger partial charge on any atom is 0.387 e. The number of nitrogens with zero attached hydrogens (tertiary/aromatic N) is 1. The molecule has 1 aromatic heterocycles. The maximum atomic E-state index is 12.4. The minimum absolute atomic E-state index is 0.0201. The van der Waals surface area contributed by atoms with Crippen LogP contribution in [0.25, 0.3) is 6.08 Å². The Morgan fingerprint density at radius 1 is 1.33 bits per heavy atom. The highest BCUT2D eigenvalue weighted by Crippen LogP contribution is 2.26. The summed E-state index contributed by atoms with van der Waals surface area (Å²) in [5.41, 5.74) is 0.986. The molecule has 0 saturated carbocycles. The Bertz CT molecular complexity index is 739. The second-order valence-electron chi connectivity index (χ2n) is 4.49. The molecule has 1 heterocycles. The second kappa shape index (κ2) is 8.75. The molecule has 2 aromatic rings. The van der Waals surface area contributed by atoms with Crippen LogP contribution in [0.1, 0.15) is 11.1 Å². The standard InChI is InChI=1S/C16H11BrClF2NO3/c17-12-3-4-13(24-16(19)20)11(7-12)2-6-15(22)23-9-10-1-5-14(18)21-8-10/h1-8,16H,9H2/b6-2+. The van der Waals surface area contributed by atoms with Gasteiger partial charge in [0.05, 0.1) is 0 Å². The summed E-state index contributed by atoms with van der Waals surface area (Å²) in [4.78, 5) is 15.6. The molecule has 1 aromatic carbocycles. The summed E-state index contributed by atoms with van der Waals surface area (Å²) in [6.45, 7) is -2.94. The van der Waals surface area contributed by atoms with Crippen molar-refractivity contribution in [3.05, 3.63) is 63.4 Å². The zero-order chi connectivity index (χ0) is 17.5. The number of ether oxygens (including phenoxy) is 2. The number of carbonyl (C=O) groups excluding carboxylic acids is 1. The lowest BCUT2D eigenvalue weighted by Gasteiger charge is -2.08. The van der Waals surface area contributed by atoms with Crippen LogP contribution in [0.3, 0.4) is 0 Å². The van der Waals surface area contributed by atoms with E-state index >= 15 is 0 Å². The van der Waals surface area contributed by atoms with Crippen molar-refractivity contribution in [3.8, 4) is 5.75 Å². The van der Waals surface area contributed by atoms with Crippen molar-refractivity contribution < 1.29 is 23.0 Å². The van der Waals surface area contributed by atoms with Crippen LogP contribution in [0.15, 0.2) is 47.1 Å². The van der Waals surface area contributed by atoms with Crippen LogP contribution in [0.4, 0.5) is 8.78 Å². The lowest BCUT2D eigenvalue weighted by molar-refractivity contribution is -0.138. The lowest BCUT2D eigenvalue weighted by Crippen LogP contribution is -2.04. The van der Waals surface area contributed by atoms with Gasteiger partial charge in [-0.15, -0.1) is 0 Å². The third-order valence-electron chi connectivity index (χ3n) is 2.76. The van der Waals surface area contributed by atoms with Gasteiger partial charge in [-0.25, -0.2) is 9.78 Å². The Labute approximate surface area is 150 Å². The van der Waals surface area contributed by atoms with Crippen LogP contribution in [0.5, 0.6) is 5.75 Å². The topological polar surface area (TPSA) is 48.4 Å². The summed E-state index contributed by atoms with van der Waals surface area (Å²) in [6.07, 6.45) is 3.95. The van der Waals surface area contributed by atoms with Crippen LogP contribution in [-0.4, -0.2) is 17.6 Å². The predicted octanol–water partition coefficient (Wildman–Crippen LogP) is 4.86. The number of benzene rings is 1. The van der Waals surface area contributed by atoms with Gasteiger partial charge in [-0.1, -0.05) is 33.6 Å². The molecule has 0 aliphatic heterocycles. The van der Waals surface area contributed by atoms with E-state index in [9.17, 15) is 13.6 Å². The first-order chi connectivity index (χ1) is 11.4. The van der Waals surface area contributed by atoms with Crippen molar-refractivity contribution in [2.24, 2.45) is 0 Å². The third-order valence-corrected chi connectivity index (χ3v) is 3.47. The molecule has 0 radical (unpaired) electrons. The largest absolute Gasteiger partial charge is 0.458 e. The fourth-order valence-electron chi connectivity index (χ4n) is 1.71. The summed E-state index contributed by atoms with van der Waals surface area (Å²) in [6, 6.07) is 7.73. The van der Waals surface area contributed by atoms with Crippen LogP contribution >= 0.6 is 27.5 Å². The van der Waals surface area contributed by atoms with Crippen molar-refractivity contribution >= 4 is 39.6 Å². The molecule has 8 heteroatoms. The van der Waals surface area contributed by atoms with E-state index < -0.39 is 12.6 Å². The fraction of sp³-hybridized carbons (Fsp3) is 0.125. The number of hydrogen-bond acceptors (Lipinski definition) is 4. The van der Waals surface area contributed by atoms with E-state index in [0.29, 0.717) is 20.8 Å². The van der Waals surface area contributed by atoms with Gasteiger partial charge in [-0.3, -0.25) is 0 Å². The average Bonchev–Trinajstić information content (AvgIpc) is 2.54. The molecule has 2 rings (SSSR count). The van der Waals surface area contributed by atoms with Gasteiger partial charge >= 0.3 is 12.6 Å². The molecular weight excluding hydrogens is 408 g/mol. The van der Waals surface area contributed by atoms with Crippen LogP contribution in [0, 0.1) is 0 Å². The van der Waals surface area contributed by atoms with Crippen molar-refractivity contribution in [2.75, 3.05) is 0 Å². The molecular formula is C16H11BrClF2NO3. The summed E-state index contributed by atoms with van der Waals surface area (Å²) in [5, 5.41) is 0.339. The number of rotatable bonds is 6. The second-order valence-corrected chi connectivity index (χ2v) is 5.79. The molecule has 4 nitrogen and oxygen atoms in total. The first kappa shape index (κ1) is 18.4. The van der Waals surface area contributed by atoms with Gasteiger partial charge in [-0.2, -0.15) is 8.78 Å². The van der Waals surface area contributed by atoms with Crippen molar-refractivity contribution in [2.45, 2.75) is 13.2 Å². The van der Waals surface area contributed by atoms with E-state index in [4.69, 9.17) is 16.3 Å². The molecule has 0 aliphatic rings. The molecule has 0 amide bonds. The van der Waals surface area contributed by atoms with Gasteiger partial charge in [0, 0.05) is 27.9 Å². The van der Waals surface area contributed by atoms with Crippen LogP contribution in [0.2, 0.25) is 5.15 Å². The zero-order valence-corrected chi connectivity index (χ0v) is 14.4. The number of aromatic nitrogens is 1. The number of esters is 1. The molecule has 0 spiro atoms. The SMILES string of the molecule is O=C(/C=C/c1cc(Br)ccc1OC(F)F)OCc1ccc(Cl)nc1. The van der Waals surface area contributed by atoms with Crippen molar-refractivity contribution in [1.82, 2.24) is 4.98 Å². The molecule has 0 fully saturated rings. The summed E-state index contributed by atoms with van der Waals surface area (Å²) in [7, 11) is 0.